The number of nitrogens with zero attached hydrogens (tertiary/aromatic N) is 4. The minimum atomic E-state index is -4.41. The highest BCUT2D eigenvalue weighted by atomic mass is 19.4. The number of para-hydroxylation sites is 1. The van der Waals surface area contributed by atoms with Crippen LogP contribution in [0.25, 0.3) is 10.9 Å². The SMILES string of the molecule is O=C(NCc1nc(NCc2cccc(C(F)(F)F)c2)c2ccccc2n1)c1cnccn1. The summed E-state index contributed by atoms with van der Waals surface area (Å²) in [7, 11) is 0. The van der Waals surface area contributed by atoms with Crippen LogP contribution in [-0.4, -0.2) is 25.8 Å². The maximum Gasteiger partial charge on any atom is 0.416 e. The highest BCUT2D eigenvalue weighted by molar-refractivity contribution is 5.92. The number of nitrogens with one attached hydrogen (secondary N) is 2. The molecule has 0 atom stereocenters. The predicted octanol–water partition coefficient (Wildman–Crippen LogP) is 3.98. The van der Waals surface area contributed by atoms with Gasteiger partial charge in [-0.05, 0) is 29.8 Å². The summed E-state index contributed by atoms with van der Waals surface area (Å²) in [6.07, 6.45) is -0.187. The number of rotatable bonds is 6. The van der Waals surface area contributed by atoms with E-state index in [-0.39, 0.29) is 18.8 Å². The summed E-state index contributed by atoms with van der Waals surface area (Å²) in [4.78, 5) is 28.9. The molecule has 7 nitrogen and oxygen atoms in total. The van der Waals surface area contributed by atoms with Crippen molar-refractivity contribution in [3.8, 4) is 0 Å². The largest absolute Gasteiger partial charge is 0.416 e. The molecule has 2 heterocycles. The minimum absolute atomic E-state index is 0.0402. The van der Waals surface area contributed by atoms with E-state index in [0.29, 0.717) is 28.1 Å². The number of hydrogen-bond acceptors (Lipinski definition) is 6. The average molecular weight is 438 g/mol. The van der Waals surface area contributed by atoms with Crippen molar-refractivity contribution in [2.24, 2.45) is 0 Å². The van der Waals surface area contributed by atoms with E-state index in [1.165, 1.54) is 24.7 Å². The number of carbonyl (C=O) groups excluding carboxylic acids is 1. The lowest BCUT2D eigenvalue weighted by molar-refractivity contribution is -0.137. The first-order valence-corrected chi connectivity index (χ1v) is 9.60. The molecule has 32 heavy (non-hydrogen) atoms. The summed E-state index contributed by atoms with van der Waals surface area (Å²) in [5.41, 5.74) is 0.547. The molecule has 0 saturated heterocycles. The lowest BCUT2D eigenvalue weighted by atomic mass is 10.1. The Morgan fingerprint density at radius 2 is 1.81 bits per heavy atom. The molecule has 0 saturated carbocycles. The summed E-state index contributed by atoms with van der Waals surface area (Å²) in [5, 5.41) is 6.49. The summed E-state index contributed by atoms with van der Waals surface area (Å²) in [6, 6.07) is 12.3. The van der Waals surface area contributed by atoms with Gasteiger partial charge in [-0.3, -0.25) is 9.78 Å². The summed E-state index contributed by atoms with van der Waals surface area (Å²) in [6.45, 7) is 0.175. The number of anilines is 1. The molecule has 0 radical (unpaired) electrons. The van der Waals surface area contributed by atoms with Crippen molar-refractivity contribution in [2.45, 2.75) is 19.3 Å². The molecular weight excluding hydrogens is 421 g/mol. The third-order valence-electron chi connectivity index (χ3n) is 4.57. The quantitative estimate of drug-likeness (QED) is 0.473. The molecule has 1 amide bonds. The number of halogens is 3. The standard InChI is InChI=1S/C22H17F3N6O/c23-22(24,25)15-5-3-4-14(10-15)11-28-20-16-6-1-2-7-17(16)30-19(31-20)13-29-21(32)18-12-26-8-9-27-18/h1-10,12H,11,13H2,(H,29,32)(H,28,30,31). The van der Waals surface area contributed by atoms with E-state index in [0.717, 1.165) is 12.1 Å². The molecule has 0 unspecified atom stereocenters. The second-order valence-electron chi connectivity index (χ2n) is 6.83. The Balaban J connectivity index is 1.54. The van der Waals surface area contributed by atoms with Gasteiger partial charge in [0, 0.05) is 24.3 Å². The van der Waals surface area contributed by atoms with Crippen LogP contribution in [-0.2, 0) is 19.3 Å². The van der Waals surface area contributed by atoms with Gasteiger partial charge in [-0.25, -0.2) is 15.0 Å². The third kappa shape index (κ3) is 4.97. The van der Waals surface area contributed by atoms with Gasteiger partial charge in [-0.15, -0.1) is 0 Å². The zero-order valence-corrected chi connectivity index (χ0v) is 16.6. The van der Waals surface area contributed by atoms with Gasteiger partial charge in [0.05, 0.1) is 23.8 Å². The highest BCUT2D eigenvalue weighted by Crippen LogP contribution is 2.30. The van der Waals surface area contributed by atoms with Crippen molar-refractivity contribution in [2.75, 3.05) is 5.32 Å². The van der Waals surface area contributed by atoms with Crippen LogP contribution in [0.15, 0.2) is 67.1 Å². The van der Waals surface area contributed by atoms with Crippen LogP contribution < -0.4 is 10.6 Å². The fourth-order valence-electron chi connectivity index (χ4n) is 3.05. The monoisotopic (exact) mass is 438 g/mol. The number of fused-ring (bicyclic) bond motifs is 1. The van der Waals surface area contributed by atoms with E-state index in [1.54, 1.807) is 12.1 Å². The van der Waals surface area contributed by atoms with Gasteiger partial charge in [0.15, 0.2) is 5.82 Å². The fourth-order valence-corrected chi connectivity index (χ4v) is 3.05. The smallest absolute Gasteiger partial charge is 0.365 e. The number of hydrogen-bond donors (Lipinski definition) is 2. The Morgan fingerprint density at radius 1 is 0.969 bits per heavy atom. The van der Waals surface area contributed by atoms with E-state index >= 15 is 0 Å². The van der Waals surface area contributed by atoms with Crippen LogP contribution in [0.3, 0.4) is 0 Å². The van der Waals surface area contributed by atoms with E-state index in [1.807, 2.05) is 18.2 Å². The summed E-state index contributed by atoms with van der Waals surface area (Å²) >= 11 is 0. The molecule has 2 aromatic carbocycles. The van der Waals surface area contributed by atoms with Crippen molar-refractivity contribution in [3.05, 3.63) is 89.8 Å². The number of alkyl halides is 3. The molecule has 10 heteroatoms. The Hall–Kier alpha value is -4.08. The van der Waals surface area contributed by atoms with E-state index in [2.05, 4.69) is 30.6 Å². The summed E-state index contributed by atoms with van der Waals surface area (Å²) in [5.74, 6) is 0.373. The molecule has 2 N–H and O–H groups in total. The van der Waals surface area contributed by atoms with Crippen LogP contribution in [0.5, 0.6) is 0 Å². The van der Waals surface area contributed by atoms with Crippen LogP contribution in [0.1, 0.15) is 27.4 Å². The normalized spacial score (nSPS) is 11.3. The number of carbonyl (C=O) groups is 1. The van der Waals surface area contributed by atoms with Crippen molar-refractivity contribution in [3.63, 3.8) is 0 Å². The molecule has 2 aromatic heterocycles. The van der Waals surface area contributed by atoms with Gasteiger partial charge < -0.3 is 10.6 Å². The Bertz CT molecular complexity index is 1250. The van der Waals surface area contributed by atoms with Gasteiger partial charge in [0.2, 0.25) is 0 Å². The lowest BCUT2D eigenvalue weighted by Crippen LogP contribution is -2.25. The first kappa shape index (κ1) is 21.2. The summed E-state index contributed by atoms with van der Waals surface area (Å²) < 4.78 is 38.9. The van der Waals surface area contributed by atoms with Gasteiger partial charge in [-0.2, -0.15) is 13.2 Å². The first-order chi connectivity index (χ1) is 15.4. The third-order valence-corrected chi connectivity index (χ3v) is 4.57. The zero-order valence-electron chi connectivity index (χ0n) is 16.6. The Morgan fingerprint density at radius 3 is 2.59 bits per heavy atom. The van der Waals surface area contributed by atoms with Gasteiger partial charge in [0.25, 0.3) is 5.91 Å². The Labute approximate surface area is 180 Å². The molecular formula is C22H17F3N6O. The van der Waals surface area contributed by atoms with Crippen molar-refractivity contribution in [1.82, 2.24) is 25.3 Å². The fraction of sp³-hybridized carbons (Fsp3) is 0.136. The average Bonchev–Trinajstić information content (AvgIpc) is 2.81. The second kappa shape index (κ2) is 8.96. The first-order valence-electron chi connectivity index (χ1n) is 9.60. The van der Waals surface area contributed by atoms with Gasteiger partial charge in [-0.1, -0.05) is 24.3 Å². The molecule has 0 bridgehead atoms. The minimum Gasteiger partial charge on any atom is -0.365 e. The van der Waals surface area contributed by atoms with Crippen LogP contribution in [0.2, 0.25) is 0 Å². The van der Waals surface area contributed by atoms with Crippen LogP contribution in [0, 0.1) is 0 Å². The van der Waals surface area contributed by atoms with Crippen molar-refractivity contribution >= 4 is 22.6 Å². The molecule has 0 aliphatic carbocycles. The van der Waals surface area contributed by atoms with Crippen molar-refractivity contribution in [1.29, 1.82) is 0 Å². The number of amides is 1. The number of aromatic nitrogens is 4. The van der Waals surface area contributed by atoms with E-state index in [4.69, 9.17) is 0 Å². The molecule has 162 valence electrons. The zero-order chi connectivity index (χ0) is 22.6. The van der Waals surface area contributed by atoms with Crippen LogP contribution >= 0.6 is 0 Å². The molecule has 4 aromatic rings. The maximum absolute atomic E-state index is 13.0. The predicted molar refractivity (Wildman–Crippen MR) is 112 cm³/mol. The van der Waals surface area contributed by atoms with Crippen LogP contribution in [0.4, 0.5) is 19.0 Å². The van der Waals surface area contributed by atoms with E-state index in [9.17, 15) is 18.0 Å². The molecule has 0 aliphatic heterocycles. The maximum atomic E-state index is 13.0. The highest BCUT2D eigenvalue weighted by Gasteiger charge is 2.30. The van der Waals surface area contributed by atoms with Gasteiger partial charge >= 0.3 is 6.18 Å². The molecule has 4 rings (SSSR count). The second-order valence-corrected chi connectivity index (χ2v) is 6.83. The lowest BCUT2D eigenvalue weighted by Gasteiger charge is -2.13. The number of benzene rings is 2. The topological polar surface area (TPSA) is 92.7 Å². The van der Waals surface area contributed by atoms with Gasteiger partial charge in [0.1, 0.15) is 11.5 Å². The molecule has 0 fully saturated rings. The van der Waals surface area contributed by atoms with Crippen molar-refractivity contribution < 1.29 is 18.0 Å². The molecule has 0 spiro atoms. The Kier molecular flexibility index (Phi) is 5.93. The van der Waals surface area contributed by atoms with E-state index < -0.39 is 17.6 Å². The molecule has 0 aliphatic rings.